The zero-order valence-electron chi connectivity index (χ0n) is 13.6. The number of hydrogen-bond acceptors (Lipinski definition) is 8. The van der Waals surface area contributed by atoms with Crippen molar-refractivity contribution in [2.75, 3.05) is 6.54 Å². The minimum atomic E-state index is -0.879. The summed E-state index contributed by atoms with van der Waals surface area (Å²) in [6.45, 7) is 1.27. The van der Waals surface area contributed by atoms with E-state index >= 15 is 0 Å². The van der Waals surface area contributed by atoms with Crippen LogP contribution in [0.3, 0.4) is 0 Å². The molecule has 0 radical (unpaired) electrons. The van der Waals surface area contributed by atoms with Gasteiger partial charge in [0.25, 0.3) is 17.5 Å². The van der Waals surface area contributed by atoms with E-state index in [1.54, 1.807) is 5.38 Å². The topological polar surface area (TPSA) is 120 Å². The highest BCUT2D eigenvalue weighted by Gasteiger charge is 2.41. The number of amides is 2. The zero-order chi connectivity index (χ0) is 18.8. The van der Waals surface area contributed by atoms with Gasteiger partial charge in [-0.15, -0.1) is 11.3 Å². The molecule has 2 amide bonds. The predicted molar refractivity (Wildman–Crippen MR) is 89.8 cm³/mol. The van der Waals surface area contributed by atoms with Crippen LogP contribution in [0.5, 0.6) is 0 Å². The molecule has 1 aliphatic rings. The summed E-state index contributed by atoms with van der Waals surface area (Å²) in [6, 6.07) is 3.77. The normalized spacial score (nSPS) is 13.0. The van der Waals surface area contributed by atoms with Crippen molar-refractivity contribution in [2.45, 2.75) is 20.0 Å². The third-order valence-electron chi connectivity index (χ3n) is 3.74. The smallest absolute Gasteiger partial charge is 0.326 e. The van der Waals surface area contributed by atoms with Gasteiger partial charge in [0.2, 0.25) is 0 Å². The first kappa shape index (κ1) is 17.7. The summed E-state index contributed by atoms with van der Waals surface area (Å²) in [5.41, 5.74) is -0.282. The van der Waals surface area contributed by atoms with Gasteiger partial charge in [-0.3, -0.25) is 29.4 Å². The molecule has 134 valence electrons. The minimum Gasteiger partial charge on any atom is -0.458 e. The Labute approximate surface area is 151 Å². The number of nitro benzene ring substituents is 1. The molecule has 0 saturated heterocycles. The van der Waals surface area contributed by atoms with Crippen molar-refractivity contribution in [3.05, 3.63) is 55.5 Å². The molecule has 0 atom stereocenters. The molecular weight excluding hydrogens is 362 g/mol. The Balaban J connectivity index is 1.69. The number of nitrogens with zero attached hydrogens (tertiary/aromatic N) is 3. The van der Waals surface area contributed by atoms with Crippen molar-refractivity contribution in [2.24, 2.45) is 0 Å². The van der Waals surface area contributed by atoms with Crippen LogP contribution in [0.2, 0.25) is 0 Å². The van der Waals surface area contributed by atoms with Crippen LogP contribution in [0, 0.1) is 10.1 Å². The molecule has 3 rings (SSSR count). The molecule has 2 heterocycles. The second-order valence-corrected chi connectivity index (χ2v) is 6.34. The summed E-state index contributed by atoms with van der Waals surface area (Å²) in [5.74, 6) is -2.43. The van der Waals surface area contributed by atoms with E-state index < -0.39 is 34.9 Å². The molecule has 0 spiro atoms. The van der Waals surface area contributed by atoms with Crippen LogP contribution in [0.15, 0.2) is 23.6 Å². The first-order chi connectivity index (χ1) is 12.4. The van der Waals surface area contributed by atoms with Gasteiger partial charge in [-0.05, 0) is 12.5 Å². The van der Waals surface area contributed by atoms with Crippen molar-refractivity contribution in [1.29, 1.82) is 0 Å². The number of carbonyl (C=O) groups is 3. The Bertz CT molecular complexity index is 922. The average molecular weight is 375 g/mol. The molecule has 1 aromatic heterocycles. The van der Waals surface area contributed by atoms with Gasteiger partial charge >= 0.3 is 5.97 Å². The largest absolute Gasteiger partial charge is 0.458 e. The Morgan fingerprint density at radius 3 is 2.77 bits per heavy atom. The number of fused-ring (bicyclic) bond motifs is 1. The quantitative estimate of drug-likeness (QED) is 0.327. The molecule has 0 saturated carbocycles. The molecule has 1 aliphatic heterocycles. The number of hydrogen-bond donors (Lipinski definition) is 0. The van der Waals surface area contributed by atoms with Crippen LogP contribution in [-0.4, -0.2) is 39.1 Å². The van der Waals surface area contributed by atoms with Gasteiger partial charge < -0.3 is 4.74 Å². The van der Waals surface area contributed by atoms with Crippen molar-refractivity contribution >= 4 is 34.8 Å². The van der Waals surface area contributed by atoms with Crippen LogP contribution in [0.4, 0.5) is 5.69 Å². The second kappa shape index (κ2) is 7.00. The number of nitro groups is 1. The average Bonchev–Trinajstić information content (AvgIpc) is 3.18. The molecule has 0 unspecified atom stereocenters. The van der Waals surface area contributed by atoms with Gasteiger partial charge in [0.1, 0.15) is 18.7 Å². The summed E-state index contributed by atoms with van der Waals surface area (Å²) in [7, 11) is 0. The summed E-state index contributed by atoms with van der Waals surface area (Å²) in [4.78, 5) is 51.9. The number of aromatic nitrogens is 1. The van der Waals surface area contributed by atoms with E-state index in [2.05, 4.69) is 4.98 Å². The number of ether oxygens (including phenoxy) is 1. The van der Waals surface area contributed by atoms with E-state index in [1.807, 2.05) is 6.92 Å². The van der Waals surface area contributed by atoms with Crippen LogP contribution >= 0.6 is 11.3 Å². The van der Waals surface area contributed by atoms with E-state index in [0.29, 0.717) is 10.6 Å². The molecule has 0 N–H and O–H groups in total. The fourth-order valence-corrected chi connectivity index (χ4v) is 3.25. The highest BCUT2D eigenvalue weighted by molar-refractivity contribution is 7.09. The van der Waals surface area contributed by atoms with Gasteiger partial charge in [-0.1, -0.05) is 13.0 Å². The Morgan fingerprint density at radius 1 is 1.35 bits per heavy atom. The molecule has 2 aromatic rings. The fourth-order valence-electron chi connectivity index (χ4n) is 2.52. The molecule has 0 aliphatic carbocycles. The lowest BCUT2D eigenvalue weighted by Crippen LogP contribution is -2.35. The molecule has 0 fully saturated rings. The van der Waals surface area contributed by atoms with Gasteiger partial charge in [-0.25, -0.2) is 4.98 Å². The number of carbonyl (C=O) groups excluding carboxylic acids is 3. The number of esters is 1. The van der Waals surface area contributed by atoms with E-state index in [-0.39, 0.29) is 17.7 Å². The molecule has 10 heteroatoms. The van der Waals surface area contributed by atoms with Gasteiger partial charge in [0, 0.05) is 11.4 Å². The monoisotopic (exact) mass is 375 g/mol. The van der Waals surface area contributed by atoms with E-state index in [1.165, 1.54) is 23.5 Å². The summed E-state index contributed by atoms with van der Waals surface area (Å²) >= 11 is 1.45. The Kier molecular flexibility index (Phi) is 4.76. The first-order valence-electron chi connectivity index (χ1n) is 7.64. The zero-order valence-corrected chi connectivity index (χ0v) is 14.4. The first-order valence-corrected chi connectivity index (χ1v) is 8.52. The molecule has 9 nitrogen and oxygen atoms in total. The second-order valence-electron chi connectivity index (χ2n) is 5.40. The van der Waals surface area contributed by atoms with Crippen molar-refractivity contribution in [1.82, 2.24) is 9.88 Å². The van der Waals surface area contributed by atoms with Crippen molar-refractivity contribution < 1.29 is 24.0 Å². The summed E-state index contributed by atoms with van der Waals surface area (Å²) in [6.07, 6.45) is 0.770. The minimum absolute atomic E-state index is 0.0708. The maximum absolute atomic E-state index is 12.4. The lowest BCUT2D eigenvalue weighted by Gasteiger charge is -2.12. The lowest BCUT2D eigenvalue weighted by molar-refractivity contribution is -0.385. The molecule has 26 heavy (non-hydrogen) atoms. The maximum atomic E-state index is 12.4. The Hall–Kier alpha value is -3.14. The van der Waals surface area contributed by atoms with Crippen LogP contribution < -0.4 is 0 Å². The van der Waals surface area contributed by atoms with Crippen LogP contribution in [0.1, 0.15) is 38.3 Å². The van der Waals surface area contributed by atoms with Gasteiger partial charge in [-0.2, -0.15) is 0 Å². The number of imide groups is 1. The standard InChI is InChI=1S/C16H13N3O6S/c1-2-12-17-9(8-26-12)7-25-13(20)6-18-15(21)10-4-3-5-11(19(23)24)14(10)16(18)22/h3-5,8H,2,6-7H2,1H3. The van der Waals surface area contributed by atoms with Crippen molar-refractivity contribution in [3.8, 4) is 0 Å². The summed E-state index contributed by atoms with van der Waals surface area (Å²) < 4.78 is 5.05. The van der Waals surface area contributed by atoms with E-state index in [9.17, 15) is 24.5 Å². The highest BCUT2D eigenvalue weighted by atomic mass is 32.1. The van der Waals surface area contributed by atoms with E-state index in [4.69, 9.17) is 4.74 Å². The number of aryl methyl sites for hydroxylation is 1. The third kappa shape index (κ3) is 3.18. The van der Waals surface area contributed by atoms with E-state index in [0.717, 1.165) is 17.5 Å². The third-order valence-corrected chi connectivity index (χ3v) is 4.79. The maximum Gasteiger partial charge on any atom is 0.326 e. The Morgan fingerprint density at radius 2 is 2.12 bits per heavy atom. The number of thiazole rings is 1. The number of rotatable bonds is 6. The number of benzene rings is 1. The highest BCUT2D eigenvalue weighted by Crippen LogP contribution is 2.30. The summed E-state index contributed by atoms with van der Waals surface area (Å²) in [5, 5.41) is 13.7. The molecular formula is C16H13N3O6S. The van der Waals surface area contributed by atoms with Gasteiger partial charge in [0.15, 0.2) is 0 Å². The SMILES string of the molecule is CCc1nc(COC(=O)CN2C(=O)c3cccc([N+](=O)[O-])c3C2=O)cs1. The van der Waals surface area contributed by atoms with Gasteiger partial charge in [0.05, 0.1) is 21.2 Å². The molecule has 1 aromatic carbocycles. The lowest BCUT2D eigenvalue weighted by atomic mass is 10.1. The van der Waals surface area contributed by atoms with Crippen LogP contribution in [-0.2, 0) is 22.6 Å². The van der Waals surface area contributed by atoms with Crippen LogP contribution in [0.25, 0.3) is 0 Å². The fraction of sp³-hybridized carbons (Fsp3) is 0.250. The van der Waals surface area contributed by atoms with Crippen molar-refractivity contribution in [3.63, 3.8) is 0 Å². The molecule has 0 bridgehead atoms. The predicted octanol–water partition coefficient (Wildman–Crippen LogP) is 1.95.